The summed E-state index contributed by atoms with van der Waals surface area (Å²) in [7, 11) is 0. The van der Waals surface area contributed by atoms with E-state index in [0.29, 0.717) is 24.6 Å². The SMILES string of the molecule is CCN=C(CO)N(CC)c1cccc(SC(F)(F)F)c1. The largest absolute Gasteiger partial charge is 0.446 e. The minimum atomic E-state index is -4.31. The van der Waals surface area contributed by atoms with E-state index in [1.54, 1.807) is 17.0 Å². The molecule has 0 bridgehead atoms. The zero-order chi connectivity index (χ0) is 15.2. The lowest BCUT2D eigenvalue weighted by Crippen LogP contribution is -2.33. The molecule has 20 heavy (non-hydrogen) atoms. The normalized spacial score (nSPS) is 12.6. The molecular formula is C13H17F3N2OS. The number of rotatable bonds is 5. The minimum absolute atomic E-state index is 0.113. The highest BCUT2D eigenvalue weighted by atomic mass is 32.2. The van der Waals surface area contributed by atoms with Crippen LogP contribution in [0.1, 0.15) is 13.8 Å². The molecule has 0 unspecified atom stereocenters. The molecule has 1 rings (SSSR count). The van der Waals surface area contributed by atoms with Crippen LogP contribution in [0.3, 0.4) is 0 Å². The third-order valence-corrected chi connectivity index (χ3v) is 3.19. The summed E-state index contributed by atoms with van der Waals surface area (Å²) in [5, 5.41) is 9.32. The molecule has 0 saturated heterocycles. The second-order valence-corrected chi connectivity index (χ2v) is 4.98. The smallest absolute Gasteiger partial charge is 0.388 e. The molecule has 3 nitrogen and oxygen atoms in total. The van der Waals surface area contributed by atoms with E-state index in [-0.39, 0.29) is 23.3 Å². The number of halogens is 3. The Morgan fingerprint density at radius 2 is 2.05 bits per heavy atom. The first-order valence-electron chi connectivity index (χ1n) is 6.18. The maximum Gasteiger partial charge on any atom is 0.446 e. The summed E-state index contributed by atoms with van der Waals surface area (Å²) in [6, 6.07) is 6.12. The van der Waals surface area contributed by atoms with Crippen molar-refractivity contribution in [3.63, 3.8) is 0 Å². The van der Waals surface area contributed by atoms with Crippen molar-refractivity contribution in [2.24, 2.45) is 4.99 Å². The fourth-order valence-corrected chi connectivity index (χ4v) is 2.36. The van der Waals surface area contributed by atoms with Gasteiger partial charge >= 0.3 is 5.51 Å². The van der Waals surface area contributed by atoms with E-state index in [1.165, 1.54) is 12.1 Å². The van der Waals surface area contributed by atoms with Crippen LogP contribution in [0.4, 0.5) is 18.9 Å². The minimum Gasteiger partial charge on any atom is -0.388 e. The molecule has 0 fully saturated rings. The van der Waals surface area contributed by atoms with Crippen LogP contribution < -0.4 is 4.90 Å². The molecule has 0 aliphatic heterocycles. The van der Waals surface area contributed by atoms with Crippen LogP contribution in [0.5, 0.6) is 0 Å². The van der Waals surface area contributed by atoms with Gasteiger partial charge in [-0.2, -0.15) is 13.2 Å². The van der Waals surface area contributed by atoms with Crippen molar-refractivity contribution in [3.8, 4) is 0 Å². The first kappa shape index (κ1) is 16.8. The number of amidine groups is 1. The van der Waals surface area contributed by atoms with Gasteiger partial charge in [0.1, 0.15) is 12.4 Å². The summed E-state index contributed by atoms with van der Waals surface area (Å²) in [5.74, 6) is 0.448. The van der Waals surface area contributed by atoms with Crippen LogP contribution in [0.25, 0.3) is 0 Å². The molecule has 112 valence electrons. The topological polar surface area (TPSA) is 35.8 Å². The average molecular weight is 306 g/mol. The van der Waals surface area contributed by atoms with Crippen molar-refractivity contribution in [2.45, 2.75) is 24.3 Å². The second kappa shape index (κ2) is 7.54. The predicted molar refractivity (Wildman–Crippen MR) is 76.4 cm³/mol. The highest BCUT2D eigenvalue weighted by Gasteiger charge is 2.29. The Balaban J connectivity index is 3.04. The van der Waals surface area contributed by atoms with Crippen LogP contribution >= 0.6 is 11.8 Å². The lowest BCUT2D eigenvalue weighted by atomic mass is 10.2. The molecule has 1 aromatic carbocycles. The third-order valence-electron chi connectivity index (χ3n) is 2.47. The summed E-state index contributed by atoms with van der Waals surface area (Å²) in [6.45, 7) is 4.45. The van der Waals surface area contributed by atoms with E-state index >= 15 is 0 Å². The molecule has 0 atom stereocenters. The molecule has 0 heterocycles. The van der Waals surface area contributed by atoms with Crippen molar-refractivity contribution >= 4 is 23.3 Å². The molecule has 0 radical (unpaired) electrons. The molecule has 0 spiro atoms. The van der Waals surface area contributed by atoms with Gasteiger partial charge in [-0.3, -0.25) is 4.99 Å². The van der Waals surface area contributed by atoms with Crippen molar-refractivity contribution in [3.05, 3.63) is 24.3 Å². The molecule has 0 aliphatic carbocycles. The molecule has 0 aliphatic rings. The average Bonchev–Trinajstić information content (AvgIpc) is 2.37. The van der Waals surface area contributed by atoms with Gasteiger partial charge in [-0.25, -0.2) is 0 Å². The van der Waals surface area contributed by atoms with Crippen LogP contribution in [-0.4, -0.2) is 36.1 Å². The molecule has 7 heteroatoms. The summed E-state index contributed by atoms with van der Waals surface area (Å²) in [6.07, 6.45) is 0. The van der Waals surface area contributed by atoms with Gasteiger partial charge in [0.25, 0.3) is 0 Å². The summed E-state index contributed by atoms with van der Waals surface area (Å²) in [5.41, 5.74) is -3.73. The number of aliphatic hydroxyl groups is 1. The number of likely N-dealkylation sites (N-methyl/N-ethyl adjacent to an activating group) is 1. The second-order valence-electron chi connectivity index (χ2n) is 3.84. The van der Waals surface area contributed by atoms with Crippen molar-refractivity contribution in [2.75, 3.05) is 24.6 Å². The standard InChI is InChI=1S/C13H17F3N2OS/c1-3-17-12(9-19)18(4-2)10-6-5-7-11(8-10)20-13(14,15)16/h5-8,19H,3-4,9H2,1-2H3. The Bertz CT molecular complexity index is 463. The summed E-state index contributed by atoms with van der Waals surface area (Å²) in [4.78, 5) is 5.97. The van der Waals surface area contributed by atoms with Crippen LogP contribution in [-0.2, 0) is 0 Å². The fraction of sp³-hybridized carbons (Fsp3) is 0.462. The number of hydrogen-bond acceptors (Lipinski definition) is 3. The maximum absolute atomic E-state index is 12.4. The Hall–Kier alpha value is -1.21. The molecular weight excluding hydrogens is 289 g/mol. The van der Waals surface area contributed by atoms with Gasteiger partial charge in [-0.1, -0.05) is 6.07 Å². The Morgan fingerprint density at radius 3 is 2.55 bits per heavy atom. The van der Waals surface area contributed by atoms with E-state index in [1.807, 2.05) is 13.8 Å². The predicted octanol–water partition coefficient (Wildman–Crippen LogP) is 3.54. The zero-order valence-corrected chi connectivity index (χ0v) is 12.1. The number of aliphatic imine (C=N–C) groups is 1. The van der Waals surface area contributed by atoms with Crippen LogP contribution in [0.15, 0.2) is 34.2 Å². The first-order chi connectivity index (χ1) is 9.41. The van der Waals surface area contributed by atoms with Gasteiger partial charge in [0.2, 0.25) is 0 Å². The van der Waals surface area contributed by atoms with E-state index in [4.69, 9.17) is 0 Å². The van der Waals surface area contributed by atoms with Gasteiger partial charge in [0.05, 0.1) is 0 Å². The number of benzene rings is 1. The van der Waals surface area contributed by atoms with E-state index in [0.717, 1.165) is 0 Å². The fourth-order valence-electron chi connectivity index (χ4n) is 1.77. The van der Waals surface area contributed by atoms with Crippen LogP contribution in [0.2, 0.25) is 0 Å². The van der Waals surface area contributed by atoms with Gasteiger partial charge in [0.15, 0.2) is 0 Å². The van der Waals surface area contributed by atoms with Crippen molar-refractivity contribution < 1.29 is 18.3 Å². The van der Waals surface area contributed by atoms with Gasteiger partial charge in [-0.05, 0) is 43.8 Å². The molecule has 0 amide bonds. The van der Waals surface area contributed by atoms with E-state index < -0.39 is 5.51 Å². The monoisotopic (exact) mass is 306 g/mol. The summed E-state index contributed by atoms with van der Waals surface area (Å²) < 4.78 is 37.2. The lowest BCUT2D eigenvalue weighted by molar-refractivity contribution is -0.0328. The van der Waals surface area contributed by atoms with E-state index in [2.05, 4.69) is 4.99 Å². The zero-order valence-electron chi connectivity index (χ0n) is 11.3. The molecule has 1 N–H and O–H groups in total. The first-order valence-corrected chi connectivity index (χ1v) is 7.00. The number of aliphatic hydroxyl groups excluding tert-OH is 1. The quantitative estimate of drug-likeness (QED) is 0.513. The van der Waals surface area contributed by atoms with Gasteiger partial charge < -0.3 is 10.0 Å². The summed E-state index contributed by atoms with van der Waals surface area (Å²) >= 11 is -0.154. The third kappa shape index (κ3) is 5.05. The lowest BCUT2D eigenvalue weighted by Gasteiger charge is -2.24. The van der Waals surface area contributed by atoms with Crippen molar-refractivity contribution in [1.29, 1.82) is 0 Å². The molecule has 1 aromatic rings. The van der Waals surface area contributed by atoms with Crippen molar-refractivity contribution in [1.82, 2.24) is 0 Å². The van der Waals surface area contributed by atoms with Crippen LogP contribution in [0, 0.1) is 0 Å². The number of thioether (sulfide) groups is 1. The highest BCUT2D eigenvalue weighted by Crippen LogP contribution is 2.38. The van der Waals surface area contributed by atoms with Gasteiger partial charge in [-0.15, -0.1) is 0 Å². The number of nitrogens with zero attached hydrogens (tertiary/aromatic N) is 2. The number of alkyl halides is 3. The molecule has 0 saturated carbocycles. The maximum atomic E-state index is 12.4. The van der Waals surface area contributed by atoms with E-state index in [9.17, 15) is 18.3 Å². The Labute approximate surface area is 120 Å². The molecule has 0 aromatic heterocycles. The number of anilines is 1. The Morgan fingerprint density at radius 1 is 1.35 bits per heavy atom. The van der Waals surface area contributed by atoms with Gasteiger partial charge in [0, 0.05) is 23.7 Å². The Kier molecular flexibility index (Phi) is 6.35. The highest BCUT2D eigenvalue weighted by molar-refractivity contribution is 8.00. The number of hydrogen-bond donors (Lipinski definition) is 1.